The average Bonchev–Trinajstić information content (AvgIpc) is 3.15. The van der Waals surface area contributed by atoms with Gasteiger partial charge in [0.05, 0.1) is 22.2 Å². The zero-order chi connectivity index (χ0) is 26.0. The first-order valence-corrected chi connectivity index (χ1v) is 13.4. The maximum atomic E-state index is 12.9. The van der Waals surface area contributed by atoms with Gasteiger partial charge in [-0.2, -0.15) is 4.99 Å². The molecule has 186 valence electrons. The Balaban J connectivity index is 1.64. The highest BCUT2D eigenvalue weighted by atomic mass is 35.5. The van der Waals surface area contributed by atoms with Gasteiger partial charge in [0.25, 0.3) is 15.9 Å². The second kappa shape index (κ2) is 10.3. The Morgan fingerprint density at radius 2 is 1.67 bits per heavy atom. The first-order valence-electron chi connectivity index (χ1n) is 10.7. The maximum Gasteiger partial charge on any atom is 0.325 e. The van der Waals surface area contributed by atoms with Gasteiger partial charge in [-0.05, 0) is 85.6 Å². The van der Waals surface area contributed by atoms with E-state index in [2.05, 4.69) is 9.71 Å². The van der Waals surface area contributed by atoms with E-state index in [1.165, 1.54) is 67.0 Å². The fraction of sp³-hybridized carbons (Fsp3) is 0.160. The predicted molar refractivity (Wildman–Crippen MR) is 140 cm³/mol. The van der Waals surface area contributed by atoms with Crippen molar-refractivity contribution >= 4 is 60.7 Å². The summed E-state index contributed by atoms with van der Waals surface area (Å²) in [6.45, 7) is 3.87. The summed E-state index contributed by atoms with van der Waals surface area (Å²) >= 11 is 7.12. The van der Waals surface area contributed by atoms with E-state index in [9.17, 15) is 18.0 Å². The second-order valence-corrected chi connectivity index (χ2v) is 11.1. The summed E-state index contributed by atoms with van der Waals surface area (Å²) in [5.41, 5.74) is 3.47. The first-order chi connectivity index (χ1) is 17.1. The molecule has 0 atom stereocenters. The van der Waals surface area contributed by atoms with Crippen LogP contribution in [-0.2, 0) is 26.1 Å². The van der Waals surface area contributed by atoms with E-state index in [-0.39, 0.29) is 22.7 Å². The lowest BCUT2D eigenvalue weighted by atomic mass is 10.1. The van der Waals surface area contributed by atoms with E-state index in [0.717, 1.165) is 21.3 Å². The number of fused-ring (bicyclic) bond motifs is 1. The van der Waals surface area contributed by atoms with E-state index in [0.29, 0.717) is 9.82 Å². The molecule has 8 nitrogen and oxygen atoms in total. The Bertz CT molecular complexity index is 1640. The number of rotatable bonds is 6. The Morgan fingerprint density at radius 3 is 2.31 bits per heavy atom. The average molecular weight is 544 g/mol. The Labute approximate surface area is 216 Å². The van der Waals surface area contributed by atoms with Crippen LogP contribution in [-0.4, -0.2) is 32.0 Å². The van der Waals surface area contributed by atoms with Crippen LogP contribution in [0.15, 0.2) is 70.6 Å². The third kappa shape index (κ3) is 5.51. The molecule has 0 fully saturated rings. The number of nitrogens with zero attached hydrogens (tertiary/aromatic N) is 2. The number of sulfonamides is 1. The molecule has 4 aromatic rings. The summed E-state index contributed by atoms with van der Waals surface area (Å²) in [4.78, 5) is 29.6. The number of aryl methyl sites for hydroxylation is 2. The lowest BCUT2D eigenvalue weighted by Crippen LogP contribution is -2.22. The normalized spacial score (nSPS) is 12.1. The number of amides is 1. The lowest BCUT2D eigenvalue weighted by molar-refractivity contribution is -0.141. The molecule has 1 amide bonds. The van der Waals surface area contributed by atoms with Crippen LogP contribution in [0.1, 0.15) is 21.5 Å². The van der Waals surface area contributed by atoms with E-state index >= 15 is 0 Å². The molecule has 0 saturated carbocycles. The molecular formula is C25H22ClN3O5S2. The minimum atomic E-state index is -3.82. The van der Waals surface area contributed by atoms with E-state index in [1.807, 2.05) is 26.0 Å². The number of carbonyl (C=O) groups excluding carboxylic acids is 2. The monoisotopic (exact) mass is 543 g/mol. The van der Waals surface area contributed by atoms with Gasteiger partial charge < -0.3 is 9.30 Å². The van der Waals surface area contributed by atoms with Crippen molar-refractivity contribution in [2.45, 2.75) is 25.3 Å². The standard InChI is InChI=1S/C25H22ClN3O5S2/c1-15-12-21-22(13-16(15)2)35-25(29(21)14-23(30)34-3)27-24(31)17-4-8-19(9-5-17)28-36(32,33)20-10-6-18(26)7-11-20/h4-13,28H,14H2,1-3H3. The van der Waals surface area contributed by atoms with Crippen molar-refractivity contribution in [2.75, 3.05) is 11.8 Å². The van der Waals surface area contributed by atoms with Gasteiger partial charge in [-0.25, -0.2) is 8.42 Å². The van der Waals surface area contributed by atoms with Gasteiger partial charge in [-0.1, -0.05) is 22.9 Å². The van der Waals surface area contributed by atoms with E-state index in [1.54, 1.807) is 4.57 Å². The molecule has 1 heterocycles. The summed E-state index contributed by atoms with van der Waals surface area (Å²) in [7, 11) is -2.51. The summed E-state index contributed by atoms with van der Waals surface area (Å²) in [5, 5.41) is 0.428. The number of nitrogens with one attached hydrogen (secondary N) is 1. The molecule has 0 aliphatic carbocycles. The quantitative estimate of drug-likeness (QED) is 0.355. The minimum Gasteiger partial charge on any atom is -0.468 e. The van der Waals surface area contributed by atoms with Crippen molar-refractivity contribution in [1.29, 1.82) is 0 Å². The fourth-order valence-electron chi connectivity index (χ4n) is 3.41. The third-order valence-electron chi connectivity index (χ3n) is 5.52. The van der Waals surface area contributed by atoms with Crippen LogP contribution in [0.5, 0.6) is 0 Å². The second-order valence-electron chi connectivity index (χ2n) is 8.00. The van der Waals surface area contributed by atoms with Crippen LogP contribution in [0.3, 0.4) is 0 Å². The molecule has 1 N–H and O–H groups in total. The predicted octanol–water partition coefficient (Wildman–Crippen LogP) is 4.69. The maximum absolute atomic E-state index is 12.9. The van der Waals surface area contributed by atoms with Gasteiger partial charge in [-0.3, -0.25) is 14.3 Å². The fourth-order valence-corrected chi connectivity index (χ4v) is 5.71. The van der Waals surface area contributed by atoms with Crippen molar-refractivity contribution in [3.05, 3.63) is 87.2 Å². The summed E-state index contributed by atoms with van der Waals surface area (Å²) in [5.74, 6) is -0.986. The lowest BCUT2D eigenvalue weighted by Gasteiger charge is -2.08. The SMILES string of the molecule is COC(=O)Cn1c(=NC(=O)c2ccc(NS(=O)(=O)c3ccc(Cl)cc3)cc2)sc2cc(C)c(C)cc21. The van der Waals surface area contributed by atoms with Gasteiger partial charge in [0.15, 0.2) is 4.80 Å². The van der Waals surface area contributed by atoms with Crippen molar-refractivity contribution < 1.29 is 22.7 Å². The molecule has 0 radical (unpaired) electrons. The molecule has 36 heavy (non-hydrogen) atoms. The number of aromatic nitrogens is 1. The van der Waals surface area contributed by atoms with Crippen LogP contribution in [0.4, 0.5) is 5.69 Å². The van der Waals surface area contributed by atoms with E-state index < -0.39 is 21.9 Å². The molecular weight excluding hydrogens is 522 g/mol. The molecule has 0 spiro atoms. The molecule has 11 heteroatoms. The number of hydrogen-bond donors (Lipinski definition) is 1. The Kier molecular flexibility index (Phi) is 7.30. The van der Waals surface area contributed by atoms with Gasteiger partial charge in [0.2, 0.25) is 0 Å². The molecule has 3 aromatic carbocycles. The topological polar surface area (TPSA) is 107 Å². The highest BCUT2D eigenvalue weighted by Crippen LogP contribution is 2.23. The molecule has 0 aliphatic heterocycles. The molecule has 4 rings (SSSR count). The number of carbonyl (C=O) groups is 2. The van der Waals surface area contributed by atoms with Gasteiger partial charge >= 0.3 is 5.97 Å². The van der Waals surface area contributed by atoms with Gasteiger partial charge in [0, 0.05) is 16.3 Å². The highest BCUT2D eigenvalue weighted by Gasteiger charge is 2.16. The number of hydrogen-bond acceptors (Lipinski definition) is 6. The van der Waals surface area contributed by atoms with Crippen LogP contribution >= 0.6 is 22.9 Å². The zero-order valence-electron chi connectivity index (χ0n) is 19.6. The van der Waals surface area contributed by atoms with Gasteiger partial charge in [0.1, 0.15) is 6.54 Å². The van der Waals surface area contributed by atoms with E-state index in [4.69, 9.17) is 16.3 Å². The summed E-state index contributed by atoms with van der Waals surface area (Å²) in [6, 6.07) is 15.7. The van der Waals surface area contributed by atoms with Crippen LogP contribution in [0.2, 0.25) is 5.02 Å². The first kappa shape index (κ1) is 25.6. The van der Waals surface area contributed by atoms with Crippen molar-refractivity contribution in [2.24, 2.45) is 4.99 Å². The third-order valence-corrected chi connectivity index (χ3v) is 8.21. The Morgan fingerprint density at radius 1 is 1.03 bits per heavy atom. The smallest absolute Gasteiger partial charge is 0.325 e. The van der Waals surface area contributed by atoms with Crippen LogP contribution < -0.4 is 9.52 Å². The molecule has 0 saturated heterocycles. The van der Waals surface area contributed by atoms with Crippen LogP contribution in [0, 0.1) is 13.8 Å². The largest absolute Gasteiger partial charge is 0.468 e. The Hall–Kier alpha value is -3.47. The zero-order valence-corrected chi connectivity index (χ0v) is 22.0. The van der Waals surface area contributed by atoms with Crippen molar-refractivity contribution in [1.82, 2.24) is 4.57 Å². The number of halogens is 1. The number of thiazole rings is 1. The summed E-state index contributed by atoms with van der Waals surface area (Å²) < 4.78 is 35.0. The van der Waals surface area contributed by atoms with Crippen LogP contribution in [0.25, 0.3) is 10.2 Å². The number of esters is 1. The van der Waals surface area contributed by atoms with Gasteiger partial charge in [-0.15, -0.1) is 0 Å². The molecule has 0 bridgehead atoms. The molecule has 0 aliphatic rings. The number of methoxy groups -OCH3 is 1. The minimum absolute atomic E-state index is 0.0625. The van der Waals surface area contributed by atoms with Crippen molar-refractivity contribution in [3.63, 3.8) is 0 Å². The van der Waals surface area contributed by atoms with Crippen molar-refractivity contribution in [3.8, 4) is 0 Å². The number of anilines is 1. The number of benzene rings is 3. The molecule has 0 unspecified atom stereocenters. The highest BCUT2D eigenvalue weighted by molar-refractivity contribution is 7.92. The number of ether oxygens (including phenoxy) is 1. The molecule has 1 aromatic heterocycles. The summed E-state index contributed by atoms with van der Waals surface area (Å²) in [6.07, 6.45) is 0.